The summed E-state index contributed by atoms with van der Waals surface area (Å²) >= 11 is 0. The van der Waals surface area contributed by atoms with E-state index in [0.29, 0.717) is 13.1 Å². The highest BCUT2D eigenvalue weighted by Crippen LogP contribution is 2.16. The zero-order valence-electron chi connectivity index (χ0n) is 13.2. The molecule has 0 radical (unpaired) electrons. The van der Waals surface area contributed by atoms with Crippen molar-refractivity contribution in [3.8, 4) is 0 Å². The number of hydrogen-bond donors (Lipinski definition) is 1. The van der Waals surface area contributed by atoms with Crippen LogP contribution in [0.4, 0.5) is 0 Å². The molecule has 0 unspecified atom stereocenters. The quantitative estimate of drug-likeness (QED) is 0.762. The van der Waals surface area contributed by atoms with Crippen molar-refractivity contribution in [1.29, 1.82) is 0 Å². The predicted octanol–water partition coefficient (Wildman–Crippen LogP) is 0.236. The van der Waals surface area contributed by atoms with Crippen LogP contribution in [-0.2, 0) is 20.9 Å². The SMILES string of the molecule is O=C1C[C@@H](NCCN2CCOCC2)C(=O)N1Cc1ccccc1. The molecule has 1 atom stereocenters. The molecule has 6 heteroatoms. The van der Waals surface area contributed by atoms with Gasteiger partial charge in [-0.25, -0.2) is 0 Å². The van der Waals surface area contributed by atoms with E-state index >= 15 is 0 Å². The van der Waals surface area contributed by atoms with Crippen LogP contribution in [0, 0.1) is 0 Å². The summed E-state index contributed by atoms with van der Waals surface area (Å²) in [5, 5.41) is 3.23. The highest BCUT2D eigenvalue weighted by molar-refractivity contribution is 6.05. The van der Waals surface area contributed by atoms with Gasteiger partial charge in [-0.3, -0.25) is 19.4 Å². The number of rotatable bonds is 6. The maximum Gasteiger partial charge on any atom is 0.247 e. The molecule has 2 saturated heterocycles. The fraction of sp³-hybridized carbons (Fsp3) is 0.529. The highest BCUT2D eigenvalue weighted by atomic mass is 16.5. The van der Waals surface area contributed by atoms with Gasteiger partial charge in [0.1, 0.15) is 0 Å². The Balaban J connectivity index is 1.48. The third kappa shape index (κ3) is 4.16. The summed E-state index contributed by atoms with van der Waals surface area (Å²) in [6.07, 6.45) is 0.259. The lowest BCUT2D eigenvalue weighted by molar-refractivity contribution is -0.139. The Labute approximate surface area is 136 Å². The molecule has 6 nitrogen and oxygen atoms in total. The topological polar surface area (TPSA) is 61.9 Å². The van der Waals surface area contributed by atoms with Crippen LogP contribution in [-0.4, -0.2) is 67.0 Å². The third-order valence-corrected chi connectivity index (χ3v) is 4.35. The zero-order chi connectivity index (χ0) is 16.1. The molecule has 0 aromatic heterocycles. The van der Waals surface area contributed by atoms with Gasteiger partial charge in [-0.2, -0.15) is 0 Å². The van der Waals surface area contributed by atoms with Gasteiger partial charge in [-0.05, 0) is 5.56 Å². The summed E-state index contributed by atoms with van der Waals surface area (Å²) < 4.78 is 5.31. The molecular formula is C17H23N3O3. The van der Waals surface area contributed by atoms with Gasteiger partial charge >= 0.3 is 0 Å². The lowest BCUT2D eigenvalue weighted by atomic mass is 10.2. The van der Waals surface area contributed by atoms with Crippen LogP contribution in [0.3, 0.4) is 0 Å². The number of carbonyl (C=O) groups excluding carboxylic acids is 2. The molecule has 2 amide bonds. The Morgan fingerprint density at radius 1 is 1.13 bits per heavy atom. The fourth-order valence-electron chi connectivity index (χ4n) is 3.00. The summed E-state index contributed by atoms with van der Waals surface area (Å²) in [7, 11) is 0. The van der Waals surface area contributed by atoms with Gasteiger partial charge in [0.05, 0.1) is 32.2 Å². The lowest BCUT2D eigenvalue weighted by Gasteiger charge is -2.27. The largest absolute Gasteiger partial charge is 0.379 e. The first-order valence-corrected chi connectivity index (χ1v) is 8.15. The smallest absolute Gasteiger partial charge is 0.247 e. The van der Waals surface area contributed by atoms with E-state index in [1.807, 2.05) is 30.3 Å². The van der Waals surface area contributed by atoms with Gasteiger partial charge < -0.3 is 10.1 Å². The molecule has 2 fully saturated rings. The summed E-state index contributed by atoms with van der Waals surface area (Å²) in [6.45, 7) is 5.35. The summed E-state index contributed by atoms with van der Waals surface area (Å²) in [5.74, 6) is -0.205. The Hall–Kier alpha value is -1.76. The molecule has 1 N–H and O–H groups in total. The molecule has 1 aromatic carbocycles. The normalized spacial score (nSPS) is 22.8. The van der Waals surface area contributed by atoms with Crippen molar-refractivity contribution in [3.63, 3.8) is 0 Å². The van der Waals surface area contributed by atoms with Gasteiger partial charge in [0.15, 0.2) is 0 Å². The number of morpholine rings is 1. The zero-order valence-corrected chi connectivity index (χ0v) is 13.2. The Kier molecular flexibility index (Phi) is 5.38. The maximum atomic E-state index is 12.4. The Morgan fingerprint density at radius 2 is 1.87 bits per heavy atom. The number of nitrogens with one attached hydrogen (secondary N) is 1. The van der Waals surface area contributed by atoms with Crippen molar-refractivity contribution in [3.05, 3.63) is 35.9 Å². The number of nitrogens with zero attached hydrogens (tertiary/aromatic N) is 2. The van der Waals surface area contributed by atoms with Crippen molar-refractivity contribution in [2.24, 2.45) is 0 Å². The minimum atomic E-state index is -0.382. The number of ether oxygens (including phenoxy) is 1. The van der Waals surface area contributed by atoms with Gasteiger partial charge in [0.2, 0.25) is 11.8 Å². The number of benzene rings is 1. The first kappa shape index (κ1) is 16.1. The second-order valence-electron chi connectivity index (χ2n) is 5.97. The predicted molar refractivity (Wildman–Crippen MR) is 85.7 cm³/mol. The van der Waals surface area contributed by atoms with Crippen molar-refractivity contribution in [1.82, 2.24) is 15.1 Å². The average molecular weight is 317 g/mol. The number of carbonyl (C=O) groups is 2. The van der Waals surface area contributed by atoms with Crippen molar-refractivity contribution in [2.45, 2.75) is 19.0 Å². The summed E-state index contributed by atoms with van der Waals surface area (Å²) in [6, 6.07) is 9.23. The summed E-state index contributed by atoms with van der Waals surface area (Å²) in [4.78, 5) is 28.2. The number of amides is 2. The van der Waals surface area contributed by atoms with Crippen LogP contribution in [0.2, 0.25) is 0 Å². The van der Waals surface area contributed by atoms with Gasteiger partial charge in [-0.1, -0.05) is 30.3 Å². The second-order valence-corrected chi connectivity index (χ2v) is 5.97. The van der Waals surface area contributed by atoms with Gasteiger partial charge in [0.25, 0.3) is 0 Å². The molecule has 0 spiro atoms. The van der Waals surface area contributed by atoms with Crippen LogP contribution in [0.25, 0.3) is 0 Å². The maximum absolute atomic E-state index is 12.4. The van der Waals surface area contributed by atoms with Crippen LogP contribution >= 0.6 is 0 Å². The van der Waals surface area contributed by atoms with E-state index in [2.05, 4.69) is 10.2 Å². The first-order chi connectivity index (χ1) is 11.2. The second kappa shape index (κ2) is 7.68. The fourth-order valence-corrected chi connectivity index (χ4v) is 3.00. The Bertz CT molecular complexity index is 543. The van der Waals surface area contributed by atoms with E-state index in [-0.39, 0.29) is 24.3 Å². The van der Waals surface area contributed by atoms with E-state index in [0.717, 1.165) is 38.4 Å². The number of likely N-dealkylation sites (tertiary alicyclic amines) is 1. The number of hydrogen-bond acceptors (Lipinski definition) is 5. The van der Waals surface area contributed by atoms with Crippen molar-refractivity contribution in [2.75, 3.05) is 39.4 Å². The molecule has 0 saturated carbocycles. The van der Waals surface area contributed by atoms with Crippen LogP contribution in [0.5, 0.6) is 0 Å². The molecule has 3 rings (SSSR count). The highest BCUT2D eigenvalue weighted by Gasteiger charge is 2.38. The van der Waals surface area contributed by atoms with Crippen molar-refractivity contribution >= 4 is 11.8 Å². The first-order valence-electron chi connectivity index (χ1n) is 8.15. The van der Waals surface area contributed by atoms with E-state index < -0.39 is 0 Å². The van der Waals surface area contributed by atoms with E-state index in [9.17, 15) is 9.59 Å². The molecular weight excluding hydrogens is 294 g/mol. The molecule has 0 aliphatic carbocycles. The number of imide groups is 1. The van der Waals surface area contributed by atoms with Crippen LogP contribution < -0.4 is 5.32 Å². The average Bonchev–Trinajstić information content (AvgIpc) is 2.85. The van der Waals surface area contributed by atoms with E-state index in [4.69, 9.17) is 4.74 Å². The molecule has 0 bridgehead atoms. The molecule has 124 valence electrons. The van der Waals surface area contributed by atoms with E-state index in [1.165, 1.54) is 4.90 Å². The third-order valence-electron chi connectivity index (χ3n) is 4.35. The minimum absolute atomic E-state index is 0.0947. The van der Waals surface area contributed by atoms with Gasteiger partial charge in [-0.15, -0.1) is 0 Å². The van der Waals surface area contributed by atoms with Crippen molar-refractivity contribution < 1.29 is 14.3 Å². The molecule has 2 heterocycles. The van der Waals surface area contributed by atoms with Gasteiger partial charge in [0, 0.05) is 26.2 Å². The van der Waals surface area contributed by atoms with E-state index in [1.54, 1.807) is 0 Å². The molecule has 2 aliphatic rings. The minimum Gasteiger partial charge on any atom is -0.379 e. The molecule has 23 heavy (non-hydrogen) atoms. The Morgan fingerprint density at radius 3 is 2.61 bits per heavy atom. The standard InChI is InChI=1S/C17H23N3O3/c21-16-12-15(18-6-7-19-8-10-23-11-9-19)17(22)20(16)13-14-4-2-1-3-5-14/h1-5,15,18H,6-13H2/t15-/m1/s1. The lowest BCUT2D eigenvalue weighted by Crippen LogP contribution is -2.44. The molecule has 2 aliphatic heterocycles. The van der Waals surface area contributed by atoms with Crippen LogP contribution in [0.1, 0.15) is 12.0 Å². The van der Waals surface area contributed by atoms with Crippen LogP contribution in [0.15, 0.2) is 30.3 Å². The summed E-state index contributed by atoms with van der Waals surface area (Å²) in [5.41, 5.74) is 0.975. The molecule has 1 aromatic rings. The monoisotopic (exact) mass is 317 g/mol.